The fourth-order valence-corrected chi connectivity index (χ4v) is 3.41. The maximum Gasteiger partial charge on any atom is 0.220 e. The molecule has 0 spiro atoms. The van der Waals surface area contributed by atoms with Gasteiger partial charge in [0.25, 0.3) is 0 Å². The highest BCUT2D eigenvalue weighted by Crippen LogP contribution is 2.20. The minimum Gasteiger partial charge on any atom is -0.441 e. The molecule has 6 heteroatoms. The molecule has 0 radical (unpaired) electrons. The molecule has 0 aliphatic rings. The van der Waals surface area contributed by atoms with Gasteiger partial charge in [0, 0.05) is 36.2 Å². The molecule has 0 aliphatic carbocycles. The Morgan fingerprint density at radius 1 is 1.03 bits per heavy atom. The van der Waals surface area contributed by atoms with Gasteiger partial charge in [-0.1, -0.05) is 48.5 Å². The van der Waals surface area contributed by atoms with Gasteiger partial charge in [0.1, 0.15) is 0 Å². The first-order valence-corrected chi connectivity index (χ1v) is 9.99. The first-order chi connectivity index (χ1) is 14.6. The van der Waals surface area contributed by atoms with E-state index in [2.05, 4.69) is 15.4 Å². The molecule has 30 heavy (non-hydrogen) atoms. The highest BCUT2D eigenvalue weighted by atomic mass is 16.4. The van der Waals surface area contributed by atoms with Gasteiger partial charge in [-0.15, -0.1) is 0 Å². The van der Waals surface area contributed by atoms with Crippen LogP contribution in [0.2, 0.25) is 0 Å². The van der Waals surface area contributed by atoms with E-state index in [0.717, 1.165) is 28.2 Å². The topological polar surface area (TPSA) is 73.0 Å². The number of nitrogens with one attached hydrogen (secondary N) is 1. The van der Waals surface area contributed by atoms with E-state index in [1.54, 1.807) is 6.20 Å². The maximum absolute atomic E-state index is 12.4. The van der Waals surface area contributed by atoms with Crippen LogP contribution in [0.1, 0.15) is 29.3 Å². The molecule has 4 rings (SSSR count). The summed E-state index contributed by atoms with van der Waals surface area (Å²) in [5, 5.41) is 7.62. The van der Waals surface area contributed by atoms with Crippen LogP contribution in [0.4, 0.5) is 0 Å². The van der Waals surface area contributed by atoms with Crippen LogP contribution in [-0.4, -0.2) is 20.7 Å². The van der Waals surface area contributed by atoms with Gasteiger partial charge in [-0.25, -0.2) is 9.67 Å². The number of oxazole rings is 1. The summed E-state index contributed by atoms with van der Waals surface area (Å²) in [5.41, 5.74) is 4.96. The highest BCUT2D eigenvalue weighted by Gasteiger charge is 2.14. The molecule has 2 aromatic carbocycles. The Morgan fingerprint density at radius 2 is 1.73 bits per heavy atom. The Hall–Kier alpha value is -3.67. The van der Waals surface area contributed by atoms with Gasteiger partial charge in [0.05, 0.1) is 17.6 Å². The molecule has 0 atom stereocenters. The molecule has 4 aromatic rings. The number of rotatable bonds is 7. The van der Waals surface area contributed by atoms with Crippen LogP contribution in [0.15, 0.2) is 71.3 Å². The molecular weight excluding hydrogens is 376 g/mol. The first kappa shape index (κ1) is 19.6. The molecule has 2 aromatic heterocycles. The highest BCUT2D eigenvalue weighted by molar-refractivity contribution is 5.76. The molecule has 1 N–H and O–H groups in total. The molecule has 0 saturated carbocycles. The third kappa shape index (κ3) is 4.33. The molecule has 1 amide bonds. The SMILES string of the molecule is Cc1nn(-c2ccccc2)c(C)c1CNC(=O)CCc1ncc(-c2ccccc2)o1. The van der Waals surface area contributed by atoms with E-state index < -0.39 is 0 Å². The summed E-state index contributed by atoms with van der Waals surface area (Å²) in [6.45, 7) is 4.43. The monoisotopic (exact) mass is 400 g/mol. The van der Waals surface area contributed by atoms with E-state index in [4.69, 9.17) is 4.42 Å². The van der Waals surface area contributed by atoms with E-state index in [1.165, 1.54) is 0 Å². The van der Waals surface area contributed by atoms with Crippen molar-refractivity contribution in [2.24, 2.45) is 0 Å². The van der Waals surface area contributed by atoms with Gasteiger partial charge in [-0.3, -0.25) is 4.79 Å². The number of carbonyl (C=O) groups excluding carboxylic acids is 1. The largest absolute Gasteiger partial charge is 0.441 e. The number of hydrogen-bond acceptors (Lipinski definition) is 4. The first-order valence-electron chi connectivity index (χ1n) is 9.99. The minimum absolute atomic E-state index is 0.0410. The number of aromatic nitrogens is 3. The van der Waals surface area contributed by atoms with Crippen LogP contribution < -0.4 is 5.32 Å². The molecule has 0 aliphatic heterocycles. The van der Waals surface area contributed by atoms with Crippen LogP contribution in [0, 0.1) is 13.8 Å². The summed E-state index contributed by atoms with van der Waals surface area (Å²) in [5.74, 6) is 1.24. The van der Waals surface area contributed by atoms with Gasteiger partial charge in [-0.05, 0) is 26.0 Å². The Kier molecular flexibility index (Phi) is 5.75. The minimum atomic E-state index is -0.0410. The van der Waals surface area contributed by atoms with Crippen molar-refractivity contribution in [3.8, 4) is 17.0 Å². The number of nitrogens with zero attached hydrogens (tertiary/aromatic N) is 3. The van der Waals surface area contributed by atoms with E-state index in [9.17, 15) is 4.79 Å². The summed E-state index contributed by atoms with van der Waals surface area (Å²) in [4.78, 5) is 16.6. The second kappa shape index (κ2) is 8.78. The lowest BCUT2D eigenvalue weighted by Gasteiger charge is -2.07. The smallest absolute Gasteiger partial charge is 0.220 e. The van der Waals surface area contributed by atoms with Crippen molar-refractivity contribution in [1.29, 1.82) is 0 Å². The number of para-hydroxylation sites is 1. The predicted octanol–water partition coefficient (Wildman–Crippen LogP) is 4.39. The van der Waals surface area contributed by atoms with Gasteiger partial charge in [-0.2, -0.15) is 5.10 Å². The lowest BCUT2D eigenvalue weighted by atomic mass is 10.2. The number of amides is 1. The summed E-state index contributed by atoms with van der Waals surface area (Å²) in [6.07, 6.45) is 2.48. The van der Waals surface area contributed by atoms with Crippen molar-refractivity contribution < 1.29 is 9.21 Å². The lowest BCUT2D eigenvalue weighted by Crippen LogP contribution is -2.23. The second-order valence-corrected chi connectivity index (χ2v) is 7.16. The molecule has 0 unspecified atom stereocenters. The van der Waals surface area contributed by atoms with Crippen LogP contribution in [0.3, 0.4) is 0 Å². The number of hydrogen-bond donors (Lipinski definition) is 1. The zero-order valence-electron chi connectivity index (χ0n) is 17.1. The summed E-state index contributed by atoms with van der Waals surface area (Å²) in [6, 6.07) is 19.8. The molecule has 0 fully saturated rings. The van der Waals surface area contributed by atoms with Gasteiger partial charge < -0.3 is 9.73 Å². The van der Waals surface area contributed by atoms with Crippen molar-refractivity contribution in [1.82, 2.24) is 20.1 Å². The third-order valence-corrected chi connectivity index (χ3v) is 5.08. The van der Waals surface area contributed by atoms with Gasteiger partial charge in [0.15, 0.2) is 11.7 Å². The summed E-state index contributed by atoms with van der Waals surface area (Å²) < 4.78 is 7.68. The molecule has 2 heterocycles. The van der Waals surface area contributed by atoms with E-state index in [-0.39, 0.29) is 5.91 Å². The van der Waals surface area contributed by atoms with Crippen molar-refractivity contribution >= 4 is 5.91 Å². The average molecular weight is 400 g/mol. The van der Waals surface area contributed by atoms with Gasteiger partial charge in [0.2, 0.25) is 5.91 Å². The Labute approximate surface area is 175 Å². The summed E-state index contributed by atoms with van der Waals surface area (Å²) >= 11 is 0. The van der Waals surface area contributed by atoms with Crippen LogP contribution in [0.25, 0.3) is 17.0 Å². The molecule has 6 nitrogen and oxygen atoms in total. The number of benzene rings is 2. The number of aryl methyl sites for hydroxylation is 2. The van der Waals surface area contributed by atoms with Crippen LogP contribution >= 0.6 is 0 Å². The van der Waals surface area contributed by atoms with E-state index in [1.807, 2.05) is 79.2 Å². The van der Waals surface area contributed by atoms with Crippen LogP contribution in [0.5, 0.6) is 0 Å². The average Bonchev–Trinajstić information content (AvgIpc) is 3.37. The van der Waals surface area contributed by atoms with Gasteiger partial charge >= 0.3 is 0 Å². The molecule has 152 valence electrons. The molecule has 0 saturated heterocycles. The van der Waals surface area contributed by atoms with Crippen molar-refractivity contribution in [2.45, 2.75) is 33.2 Å². The quantitative estimate of drug-likeness (QED) is 0.499. The van der Waals surface area contributed by atoms with Crippen molar-refractivity contribution in [3.05, 3.63) is 89.7 Å². The zero-order chi connectivity index (χ0) is 20.9. The fraction of sp³-hybridized carbons (Fsp3) is 0.208. The van der Waals surface area contributed by atoms with Crippen LogP contribution in [-0.2, 0) is 17.8 Å². The third-order valence-electron chi connectivity index (χ3n) is 5.08. The standard InChI is InChI=1S/C24H24N4O2/c1-17-21(18(2)28(27-17)20-11-7-4-8-12-20)15-25-23(29)13-14-24-26-16-22(30-24)19-9-5-3-6-10-19/h3-12,16H,13-15H2,1-2H3,(H,25,29). The molecular formula is C24H24N4O2. The normalized spacial score (nSPS) is 10.9. The Morgan fingerprint density at radius 3 is 2.47 bits per heavy atom. The predicted molar refractivity (Wildman–Crippen MR) is 115 cm³/mol. The summed E-state index contributed by atoms with van der Waals surface area (Å²) in [7, 11) is 0. The van der Waals surface area contributed by atoms with Crippen molar-refractivity contribution in [3.63, 3.8) is 0 Å². The Balaban J connectivity index is 1.34. The Bertz CT molecular complexity index is 1130. The fourth-order valence-electron chi connectivity index (χ4n) is 3.41. The number of carbonyl (C=O) groups is 1. The van der Waals surface area contributed by atoms with Crippen molar-refractivity contribution in [2.75, 3.05) is 0 Å². The zero-order valence-corrected chi connectivity index (χ0v) is 17.1. The van der Waals surface area contributed by atoms with E-state index >= 15 is 0 Å². The second-order valence-electron chi connectivity index (χ2n) is 7.16. The maximum atomic E-state index is 12.4. The lowest BCUT2D eigenvalue weighted by molar-refractivity contribution is -0.121. The molecule has 0 bridgehead atoms. The van der Waals surface area contributed by atoms with E-state index in [0.29, 0.717) is 31.0 Å².